The van der Waals surface area contributed by atoms with Gasteiger partial charge >= 0.3 is 0 Å². The summed E-state index contributed by atoms with van der Waals surface area (Å²) in [6, 6.07) is 8.66. The molecular weight excluding hydrogens is 364 g/mol. The molecule has 0 heterocycles. The molecule has 2 bridgehead atoms. The molecule has 0 aromatic heterocycles. The fraction of sp³-hybridized carbons (Fsp3) is 0.667. The van der Waals surface area contributed by atoms with Crippen molar-refractivity contribution in [2.75, 3.05) is 47.5 Å². The van der Waals surface area contributed by atoms with Crippen LogP contribution in [0.2, 0.25) is 0 Å². The minimum Gasteiger partial charge on any atom is -0.497 e. The fourth-order valence-electron chi connectivity index (χ4n) is 5.02. The Bertz CT molecular complexity index is 684. The van der Waals surface area contributed by atoms with Gasteiger partial charge in [-0.15, -0.1) is 0 Å². The number of hydrogen-bond donors (Lipinski definition) is 3. The molecule has 3 aliphatic carbocycles. The Labute approximate surface area is 176 Å². The summed E-state index contributed by atoms with van der Waals surface area (Å²) < 4.78 is 11.1. The minimum atomic E-state index is -0.435. The number of allylic oxidation sites excluding steroid dienone is 1. The predicted octanol–water partition coefficient (Wildman–Crippen LogP) is 0.814. The molecule has 1 fully saturated rings. The average Bonchev–Trinajstić information content (AvgIpc) is 2.71. The second-order valence-corrected chi connectivity index (χ2v) is 9.65. The number of methoxy groups -OCH3 is 1. The zero-order valence-corrected chi connectivity index (χ0v) is 18.8. The molecule has 0 radical (unpaired) electrons. The summed E-state index contributed by atoms with van der Waals surface area (Å²) in [6.07, 6.45) is 4.45. The van der Waals surface area contributed by atoms with Crippen LogP contribution >= 0.6 is 0 Å². The lowest BCUT2D eigenvalue weighted by molar-refractivity contribution is -0.909. The summed E-state index contributed by atoms with van der Waals surface area (Å²) >= 11 is 0. The van der Waals surface area contributed by atoms with Crippen molar-refractivity contribution in [2.24, 2.45) is 17.3 Å². The van der Waals surface area contributed by atoms with Crippen molar-refractivity contribution >= 4 is 0 Å². The van der Waals surface area contributed by atoms with E-state index >= 15 is 0 Å². The van der Waals surface area contributed by atoms with Crippen LogP contribution in [0.1, 0.15) is 38.3 Å². The van der Waals surface area contributed by atoms with Gasteiger partial charge in [-0.3, -0.25) is 0 Å². The average molecular weight is 405 g/mol. The van der Waals surface area contributed by atoms with E-state index in [2.05, 4.69) is 51.5 Å². The van der Waals surface area contributed by atoms with Crippen LogP contribution in [-0.2, 0) is 4.74 Å². The number of aliphatic hydroxyl groups excluding tert-OH is 1. The van der Waals surface area contributed by atoms with Gasteiger partial charge in [-0.25, -0.2) is 0 Å². The van der Waals surface area contributed by atoms with Crippen molar-refractivity contribution in [1.82, 2.24) is 0 Å². The van der Waals surface area contributed by atoms with Crippen LogP contribution in [0.25, 0.3) is 0 Å². The number of aliphatic hydroxyl groups is 1. The van der Waals surface area contributed by atoms with Gasteiger partial charge in [-0.05, 0) is 59.9 Å². The maximum atomic E-state index is 10.3. The first-order valence-corrected chi connectivity index (χ1v) is 11.0. The van der Waals surface area contributed by atoms with Crippen molar-refractivity contribution in [3.63, 3.8) is 0 Å². The molecule has 1 aromatic carbocycles. The molecule has 0 unspecified atom stereocenters. The number of ether oxygens (including phenoxy) is 2. The van der Waals surface area contributed by atoms with Crippen LogP contribution in [0.15, 0.2) is 35.9 Å². The van der Waals surface area contributed by atoms with Crippen LogP contribution < -0.4 is 15.0 Å². The lowest BCUT2D eigenvalue weighted by Gasteiger charge is -2.56. The zero-order valence-electron chi connectivity index (χ0n) is 18.8. The van der Waals surface area contributed by atoms with Crippen LogP contribution in [0.5, 0.6) is 5.75 Å². The Morgan fingerprint density at radius 3 is 2.52 bits per heavy atom. The van der Waals surface area contributed by atoms with E-state index in [0.717, 1.165) is 18.2 Å². The molecule has 4 rings (SSSR count). The highest BCUT2D eigenvalue weighted by molar-refractivity contribution is 5.28. The third kappa shape index (κ3) is 5.21. The summed E-state index contributed by atoms with van der Waals surface area (Å²) in [5, 5.41) is 12.6. The number of rotatable bonds is 11. The quantitative estimate of drug-likeness (QED) is 0.479. The zero-order chi connectivity index (χ0) is 21.0. The number of nitrogens with two attached hydrogens (primary N) is 1. The highest BCUT2D eigenvalue weighted by Gasteiger charge is 2.50. The van der Waals surface area contributed by atoms with E-state index in [4.69, 9.17) is 9.47 Å². The van der Waals surface area contributed by atoms with Gasteiger partial charge in [0.05, 0.1) is 34.4 Å². The van der Waals surface area contributed by atoms with Crippen molar-refractivity contribution < 1.29 is 24.8 Å². The van der Waals surface area contributed by atoms with Gasteiger partial charge < -0.3 is 24.8 Å². The number of quaternary nitrogens is 2. The smallest absolute Gasteiger partial charge is 0.162 e. The highest BCUT2D eigenvalue weighted by Crippen LogP contribution is 2.59. The van der Waals surface area contributed by atoms with Crippen LogP contribution in [-0.4, -0.2) is 58.7 Å². The standard InChI is InChI=1S/C24H38N2O3/c1-24(2)19-9-6-18(22(24)12-19)15-29-16-20(27)13-25-14-23(26(3)4)17-7-10-21(28-5)11-8-17/h6-8,10-11,19-20,22-23,25,27H,9,12-16H2,1-5H3/p+2/t19-,20+,22-,23-/m0/s1. The third-order valence-corrected chi connectivity index (χ3v) is 7.22. The van der Waals surface area contributed by atoms with Crippen molar-refractivity contribution in [3.8, 4) is 5.75 Å². The van der Waals surface area contributed by atoms with Crippen LogP contribution in [0.4, 0.5) is 0 Å². The number of likely N-dealkylation sites (N-methyl/N-ethyl adjacent to an activating group) is 1. The van der Waals surface area contributed by atoms with Gasteiger partial charge in [0.1, 0.15) is 24.9 Å². The van der Waals surface area contributed by atoms with E-state index in [1.807, 2.05) is 12.1 Å². The second-order valence-electron chi connectivity index (χ2n) is 9.65. The lowest BCUT2D eigenvalue weighted by Crippen LogP contribution is -3.09. The molecule has 29 heavy (non-hydrogen) atoms. The lowest BCUT2D eigenvalue weighted by atomic mass is 9.49. The Hall–Kier alpha value is -1.40. The van der Waals surface area contributed by atoms with E-state index in [9.17, 15) is 5.11 Å². The number of hydrogen-bond acceptors (Lipinski definition) is 3. The first-order chi connectivity index (χ1) is 13.8. The van der Waals surface area contributed by atoms with Gasteiger partial charge in [-0.2, -0.15) is 0 Å². The van der Waals surface area contributed by atoms with Gasteiger partial charge in [0.2, 0.25) is 0 Å². The van der Waals surface area contributed by atoms with Gasteiger partial charge in [-0.1, -0.05) is 19.9 Å². The summed E-state index contributed by atoms with van der Waals surface area (Å²) in [5.41, 5.74) is 3.17. The van der Waals surface area contributed by atoms with E-state index in [-0.39, 0.29) is 0 Å². The Morgan fingerprint density at radius 2 is 1.93 bits per heavy atom. The number of nitrogens with one attached hydrogen (secondary N) is 1. The van der Waals surface area contributed by atoms with E-state index in [0.29, 0.717) is 37.1 Å². The first kappa shape index (κ1) is 22.3. The van der Waals surface area contributed by atoms with E-state index in [1.54, 1.807) is 7.11 Å². The normalized spacial score (nSPS) is 24.6. The molecule has 0 amide bonds. The van der Waals surface area contributed by atoms with Crippen LogP contribution in [0, 0.1) is 17.3 Å². The topological polar surface area (TPSA) is 59.7 Å². The molecule has 162 valence electrons. The Kier molecular flexibility index (Phi) is 7.38. The van der Waals surface area contributed by atoms with Gasteiger partial charge in [0.25, 0.3) is 0 Å². The molecule has 3 aliphatic rings. The van der Waals surface area contributed by atoms with Gasteiger partial charge in [0, 0.05) is 5.56 Å². The molecule has 0 spiro atoms. The molecular formula is C24H40N2O3+2. The Morgan fingerprint density at radius 1 is 1.21 bits per heavy atom. The fourth-order valence-corrected chi connectivity index (χ4v) is 5.02. The Balaban J connectivity index is 1.38. The summed E-state index contributed by atoms with van der Waals surface area (Å²) in [6.45, 7) is 7.44. The monoisotopic (exact) mass is 404 g/mol. The number of fused-ring (bicyclic) bond motifs is 1. The maximum Gasteiger partial charge on any atom is 0.162 e. The van der Waals surface area contributed by atoms with Crippen LogP contribution in [0.3, 0.4) is 0 Å². The highest BCUT2D eigenvalue weighted by atomic mass is 16.5. The third-order valence-electron chi connectivity index (χ3n) is 7.22. The molecule has 0 saturated heterocycles. The first-order valence-electron chi connectivity index (χ1n) is 11.0. The molecule has 1 aromatic rings. The van der Waals surface area contributed by atoms with Crippen molar-refractivity contribution in [1.29, 1.82) is 0 Å². The SMILES string of the molecule is COc1ccc([C@H](C[NH2+]C[C@@H](O)COCC2=CC[C@H]3C[C@@H]2C3(C)C)[NH+](C)C)cc1. The maximum absolute atomic E-state index is 10.3. The van der Waals surface area contributed by atoms with E-state index in [1.165, 1.54) is 28.9 Å². The van der Waals surface area contributed by atoms with E-state index < -0.39 is 6.10 Å². The van der Waals surface area contributed by atoms with Gasteiger partial charge in [0.15, 0.2) is 6.04 Å². The minimum absolute atomic E-state index is 0.371. The summed E-state index contributed by atoms with van der Waals surface area (Å²) in [7, 11) is 6.04. The molecule has 5 nitrogen and oxygen atoms in total. The summed E-state index contributed by atoms with van der Waals surface area (Å²) in [5.74, 6) is 2.42. The summed E-state index contributed by atoms with van der Waals surface area (Å²) in [4.78, 5) is 1.38. The van der Waals surface area contributed by atoms with Crippen molar-refractivity contribution in [2.45, 2.75) is 38.8 Å². The largest absolute Gasteiger partial charge is 0.497 e. The molecule has 0 aliphatic heterocycles. The number of benzene rings is 1. The molecule has 1 saturated carbocycles. The predicted molar refractivity (Wildman–Crippen MR) is 115 cm³/mol. The molecule has 5 heteroatoms. The van der Waals surface area contributed by atoms with Crippen molar-refractivity contribution in [3.05, 3.63) is 41.5 Å². The second kappa shape index (κ2) is 9.61. The molecule has 4 atom stereocenters. The molecule has 4 N–H and O–H groups in total.